The Morgan fingerprint density at radius 1 is 1.22 bits per heavy atom. The van der Waals surface area contributed by atoms with E-state index < -0.39 is 0 Å². The summed E-state index contributed by atoms with van der Waals surface area (Å²) in [5.41, 5.74) is 0.993. The largest absolute Gasteiger partial charge is 0.314 e. The zero-order valence-corrected chi connectivity index (χ0v) is 12.1. The number of nitrogens with one attached hydrogen (secondary N) is 1. The Kier molecular flexibility index (Phi) is 6.85. The number of rotatable bonds is 9. The third-order valence-corrected chi connectivity index (χ3v) is 2.80. The Morgan fingerprint density at radius 3 is 2.67 bits per heavy atom. The molecule has 0 radical (unpaired) electrons. The van der Waals surface area contributed by atoms with Crippen LogP contribution in [0.4, 0.5) is 0 Å². The van der Waals surface area contributed by atoms with E-state index in [9.17, 15) is 0 Å². The molecular weight excluding hydrogens is 228 g/mol. The van der Waals surface area contributed by atoms with E-state index in [1.807, 2.05) is 17.9 Å². The Balaban J connectivity index is 2.18. The summed E-state index contributed by atoms with van der Waals surface area (Å²) in [6, 6.07) is 0. The SMILES string of the molecule is CNCc1cn(CCN(C)CCCN(C)C)nn1. The van der Waals surface area contributed by atoms with E-state index in [1.54, 1.807) is 0 Å². The lowest BCUT2D eigenvalue weighted by molar-refractivity contribution is 0.285. The second-order valence-corrected chi connectivity index (χ2v) is 4.96. The first-order valence-electron chi connectivity index (χ1n) is 6.48. The molecule has 0 atom stereocenters. The minimum atomic E-state index is 0.776. The van der Waals surface area contributed by atoms with Crippen LogP contribution in [0.5, 0.6) is 0 Å². The van der Waals surface area contributed by atoms with Gasteiger partial charge >= 0.3 is 0 Å². The molecule has 0 spiro atoms. The number of aromatic nitrogens is 3. The average molecular weight is 254 g/mol. The molecule has 1 aromatic rings. The lowest BCUT2D eigenvalue weighted by Crippen LogP contribution is -2.27. The van der Waals surface area contributed by atoms with Crippen LogP contribution in [-0.2, 0) is 13.1 Å². The summed E-state index contributed by atoms with van der Waals surface area (Å²) in [5, 5.41) is 11.3. The normalized spacial score (nSPS) is 11.7. The summed E-state index contributed by atoms with van der Waals surface area (Å²) in [6.45, 7) is 4.94. The van der Waals surface area contributed by atoms with Crippen molar-refractivity contribution in [3.63, 3.8) is 0 Å². The predicted molar refractivity (Wildman–Crippen MR) is 73.5 cm³/mol. The third kappa shape index (κ3) is 6.09. The summed E-state index contributed by atoms with van der Waals surface area (Å²) < 4.78 is 1.91. The molecule has 1 heterocycles. The van der Waals surface area contributed by atoms with E-state index in [-0.39, 0.29) is 0 Å². The zero-order valence-electron chi connectivity index (χ0n) is 12.1. The van der Waals surface area contributed by atoms with Gasteiger partial charge < -0.3 is 15.1 Å². The Hall–Kier alpha value is -0.980. The van der Waals surface area contributed by atoms with Crippen molar-refractivity contribution in [1.29, 1.82) is 0 Å². The molecule has 0 aliphatic carbocycles. The summed E-state index contributed by atoms with van der Waals surface area (Å²) in [4.78, 5) is 4.55. The molecule has 0 aromatic carbocycles. The molecule has 0 aliphatic heterocycles. The van der Waals surface area contributed by atoms with Crippen molar-refractivity contribution in [3.8, 4) is 0 Å². The average Bonchev–Trinajstić information content (AvgIpc) is 2.74. The topological polar surface area (TPSA) is 49.2 Å². The minimum Gasteiger partial charge on any atom is -0.314 e. The molecule has 0 amide bonds. The van der Waals surface area contributed by atoms with Gasteiger partial charge in [0.1, 0.15) is 0 Å². The van der Waals surface area contributed by atoms with Gasteiger partial charge in [0.25, 0.3) is 0 Å². The van der Waals surface area contributed by atoms with Crippen LogP contribution in [-0.4, -0.2) is 72.6 Å². The van der Waals surface area contributed by atoms with E-state index in [4.69, 9.17) is 0 Å². The second-order valence-electron chi connectivity index (χ2n) is 4.96. The zero-order chi connectivity index (χ0) is 13.4. The van der Waals surface area contributed by atoms with Gasteiger partial charge in [-0.1, -0.05) is 5.21 Å². The van der Waals surface area contributed by atoms with Crippen molar-refractivity contribution in [2.24, 2.45) is 0 Å². The first-order chi connectivity index (χ1) is 8.61. The van der Waals surface area contributed by atoms with Crippen LogP contribution >= 0.6 is 0 Å². The van der Waals surface area contributed by atoms with Crippen molar-refractivity contribution in [2.75, 3.05) is 47.8 Å². The Morgan fingerprint density at radius 2 is 2.00 bits per heavy atom. The standard InChI is InChI=1S/C12H26N6/c1-13-10-12-11-18(15-14-12)9-8-17(4)7-5-6-16(2)3/h11,13H,5-10H2,1-4H3. The first-order valence-corrected chi connectivity index (χ1v) is 6.48. The van der Waals surface area contributed by atoms with Crippen molar-refractivity contribution >= 4 is 0 Å². The van der Waals surface area contributed by atoms with E-state index in [0.717, 1.165) is 38.4 Å². The van der Waals surface area contributed by atoms with Crippen molar-refractivity contribution in [3.05, 3.63) is 11.9 Å². The Labute approximate surface area is 110 Å². The fourth-order valence-corrected chi connectivity index (χ4v) is 1.75. The van der Waals surface area contributed by atoms with Crippen LogP contribution in [0.3, 0.4) is 0 Å². The lowest BCUT2D eigenvalue weighted by Gasteiger charge is -2.17. The smallest absolute Gasteiger partial charge is 0.0964 e. The minimum absolute atomic E-state index is 0.776. The van der Waals surface area contributed by atoms with Crippen molar-refractivity contribution in [1.82, 2.24) is 30.1 Å². The van der Waals surface area contributed by atoms with Crippen LogP contribution < -0.4 is 5.32 Å². The third-order valence-electron chi connectivity index (χ3n) is 2.80. The van der Waals surface area contributed by atoms with Crippen LogP contribution in [0, 0.1) is 0 Å². The van der Waals surface area contributed by atoms with E-state index in [0.29, 0.717) is 0 Å². The maximum atomic E-state index is 4.11. The molecule has 1 rings (SSSR count). The number of likely N-dealkylation sites (N-methyl/N-ethyl adjacent to an activating group) is 1. The molecule has 104 valence electrons. The fourth-order valence-electron chi connectivity index (χ4n) is 1.75. The second kappa shape index (κ2) is 8.18. The number of nitrogens with zero attached hydrogens (tertiary/aromatic N) is 5. The lowest BCUT2D eigenvalue weighted by atomic mass is 10.3. The van der Waals surface area contributed by atoms with E-state index in [1.165, 1.54) is 6.42 Å². The fraction of sp³-hybridized carbons (Fsp3) is 0.833. The highest BCUT2D eigenvalue weighted by molar-refractivity contribution is 4.90. The van der Waals surface area contributed by atoms with Gasteiger partial charge in [-0.3, -0.25) is 4.68 Å². The van der Waals surface area contributed by atoms with Gasteiger partial charge in [0.05, 0.1) is 12.2 Å². The Bertz CT molecular complexity index is 322. The van der Waals surface area contributed by atoms with Gasteiger partial charge in [-0.25, -0.2) is 0 Å². The maximum Gasteiger partial charge on any atom is 0.0964 e. The van der Waals surface area contributed by atoms with Gasteiger partial charge in [-0.05, 0) is 47.7 Å². The maximum absolute atomic E-state index is 4.11. The van der Waals surface area contributed by atoms with Crippen LogP contribution in [0.25, 0.3) is 0 Å². The molecule has 6 nitrogen and oxygen atoms in total. The van der Waals surface area contributed by atoms with E-state index in [2.05, 4.69) is 46.6 Å². The molecule has 0 aliphatic rings. The molecular formula is C12H26N6. The molecule has 18 heavy (non-hydrogen) atoms. The monoisotopic (exact) mass is 254 g/mol. The number of hydrogen-bond acceptors (Lipinski definition) is 5. The highest BCUT2D eigenvalue weighted by Crippen LogP contribution is 1.94. The van der Waals surface area contributed by atoms with E-state index >= 15 is 0 Å². The highest BCUT2D eigenvalue weighted by Gasteiger charge is 2.02. The molecule has 1 N–H and O–H groups in total. The van der Waals surface area contributed by atoms with Crippen molar-refractivity contribution < 1.29 is 0 Å². The molecule has 0 unspecified atom stereocenters. The molecule has 0 bridgehead atoms. The predicted octanol–water partition coefficient (Wildman–Crippen LogP) is -0.119. The molecule has 0 saturated carbocycles. The quantitative estimate of drug-likeness (QED) is 0.666. The summed E-state index contributed by atoms with van der Waals surface area (Å²) >= 11 is 0. The highest BCUT2D eigenvalue weighted by atomic mass is 15.4. The van der Waals surface area contributed by atoms with Crippen LogP contribution in [0.1, 0.15) is 12.1 Å². The molecule has 0 saturated heterocycles. The van der Waals surface area contributed by atoms with Crippen LogP contribution in [0.2, 0.25) is 0 Å². The van der Waals surface area contributed by atoms with Crippen LogP contribution in [0.15, 0.2) is 6.20 Å². The van der Waals surface area contributed by atoms with Crippen molar-refractivity contribution in [2.45, 2.75) is 19.5 Å². The molecule has 1 aromatic heterocycles. The first kappa shape index (κ1) is 15.1. The summed E-state index contributed by atoms with van der Waals surface area (Å²) in [5.74, 6) is 0. The van der Waals surface area contributed by atoms with Gasteiger partial charge in [-0.2, -0.15) is 0 Å². The summed E-state index contributed by atoms with van der Waals surface area (Å²) in [6.07, 6.45) is 3.20. The van der Waals surface area contributed by atoms with Gasteiger partial charge in [0.15, 0.2) is 0 Å². The number of hydrogen-bond donors (Lipinski definition) is 1. The summed E-state index contributed by atoms with van der Waals surface area (Å²) in [7, 11) is 8.29. The van der Waals surface area contributed by atoms with Gasteiger partial charge in [-0.15, -0.1) is 5.10 Å². The van der Waals surface area contributed by atoms with Gasteiger partial charge in [0.2, 0.25) is 0 Å². The molecule has 0 fully saturated rings. The van der Waals surface area contributed by atoms with Gasteiger partial charge in [0, 0.05) is 19.3 Å². The molecule has 6 heteroatoms.